The van der Waals surface area contributed by atoms with Crippen molar-refractivity contribution in [3.05, 3.63) is 29.8 Å². The summed E-state index contributed by atoms with van der Waals surface area (Å²) in [6, 6.07) is 7.70. The number of rotatable bonds is 6. The van der Waals surface area contributed by atoms with Gasteiger partial charge >= 0.3 is 12.0 Å². The third-order valence-corrected chi connectivity index (χ3v) is 5.28. The lowest BCUT2D eigenvalue weighted by Crippen LogP contribution is -2.46. The van der Waals surface area contributed by atoms with Crippen molar-refractivity contribution in [1.29, 1.82) is 5.26 Å². The molecule has 29 heavy (non-hydrogen) atoms. The summed E-state index contributed by atoms with van der Waals surface area (Å²) >= 11 is 0. The van der Waals surface area contributed by atoms with Crippen molar-refractivity contribution in [2.75, 3.05) is 18.0 Å². The molecule has 154 valence electrons. The molecule has 2 N–H and O–H groups in total. The fraction of sp³-hybridized carbons (Fsp3) is 0.524. The molecule has 2 fully saturated rings. The summed E-state index contributed by atoms with van der Waals surface area (Å²) in [6.07, 6.45) is 5.82. The summed E-state index contributed by atoms with van der Waals surface area (Å²) < 4.78 is 5.41. The Bertz CT molecular complexity index is 781. The van der Waals surface area contributed by atoms with E-state index in [0.29, 0.717) is 24.2 Å². The number of urea groups is 1. The van der Waals surface area contributed by atoms with Gasteiger partial charge in [0.1, 0.15) is 12.1 Å². The van der Waals surface area contributed by atoms with E-state index in [-0.39, 0.29) is 30.9 Å². The lowest BCUT2D eigenvalue weighted by Gasteiger charge is -2.21. The zero-order chi connectivity index (χ0) is 20.6. The van der Waals surface area contributed by atoms with E-state index < -0.39 is 12.1 Å². The molecule has 1 aliphatic carbocycles. The van der Waals surface area contributed by atoms with Gasteiger partial charge in [-0.15, -0.1) is 0 Å². The number of anilines is 1. The summed E-state index contributed by atoms with van der Waals surface area (Å²) in [6.45, 7) is 0.654. The van der Waals surface area contributed by atoms with Crippen LogP contribution in [-0.2, 0) is 14.3 Å². The van der Waals surface area contributed by atoms with Crippen LogP contribution in [0.2, 0.25) is 0 Å². The Labute approximate surface area is 170 Å². The van der Waals surface area contributed by atoms with E-state index in [1.807, 2.05) is 6.07 Å². The molecule has 1 aromatic rings. The van der Waals surface area contributed by atoms with Gasteiger partial charge in [0.05, 0.1) is 18.1 Å². The maximum atomic E-state index is 12.5. The summed E-state index contributed by atoms with van der Waals surface area (Å²) in [4.78, 5) is 38.1. The predicted octanol–water partition coefficient (Wildman–Crippen LogP) is 2.23. The number of amides is 3. The quantitative estimate of drug-likeness (QED) is 0.714. The van der Waals surface area contributed by atoms with E-state index in [9.17, 15) is 14.4 Å². The standard InChI is InChI=1S/C21H26N4O4/c22-14-15-6-8-16(9-7-15)25-13-11-18(20(25)27)24-21(28)23-12-10-19(26)29-17-4-2-1-3-5-17/h6-9,17-18H,1-5,10-13H2,(H2,23,24,28). The van der Waals surface area contributed by atoms with E-state index in [2.05, 4.69) is 10.6 Å². The number of nitrogens with zero attached hydrogens (tertiary/aromatic N) is 2. The highest BCUT2D eigenvalue weighted by molar-refractivity contribution is 6.01. The third kappa shape index (κ3) is 5.70. The van der Waals surface area contributed by atoms with Crippen LogP contribution in [0.3, 0.4) is 0 Å². The molecule has 1 heterocycles. The van der Waals surface area contributed by atoms with Crippen molar-refractivity contribution in [3.63, 3.8) is 0 Å². The molecule has 3 amide bonds. The molecule has 1 saturated heterocycles. The molecule has 1 unspecified atom stereocenters. The Hall–Kier alpha value is -3.08. The van der Waals surface area contributed by atoms with Gasteiger partial charge in [-0.2, -0.15) is 5.26 Å². The Balaban J connectivity index is 1.38. The Kier molecular flexibility index (Phi) is 7.06. The fourth-order valence-electron chi connectivity index (χ4n) is 3.70. The first-order chi connectivity index (χ1) is 14.1. The Morgan fingerprint density at radius 1 is 1.14 bits per heavy atom. The van der Waals surface area contributed by atoms with E-state index in [4.69, 9.17) is 10.00 Å². The summed E-state index contributed by atoms with van der Waals surface area (Å²) in [5.41, 5.74) is 1.22. The molecule has 8 nitrogen and oxygen atoms in total. The number of carbonyl (C=O) groups is 3. The van der Waals surface area contributed by atoms with Gasteiger partial charge in [-0.25, -0.2) is 4.79 Å². The highest BCUT2D eigenvalue weighted by Crippen LogP contribution is 2.22. The first-order valence-corrected chi connectivity index (χ1v) is 10.1. The summed E-state index contributed by atoms with van der Waals surface area (Å²) in [5.74, 6) is -0.498. The number of esters is 1. The van der Waals surface area contributed by atoms with Gasteiger partial charge in [0.25, 0.3) is 0 Å². The van der Waals surface area contributed by atoms with Crippen LogP contribution >= 0.6 is 0 Å². The monoisotopic (exact) mass is 398 g/mol. The van der Waals surface area contributed by atoms with Gasteiger partial charge < -0.3 is 20.3 Å². The molecule has 1 atom stereocenters. The zero-order valence-corrected chi connectivity index (χ0v) is 16.4. The van der Waals surface area contributed by atoms with Gasteiger partial charge in [-0.1, -0.05) is 6.42 Å². The number of ether oxygens (including phenoxy) is 1. The molecular formula is C21H26N4O4. The molecule has 0 spiro atoms. The third-order valence-electron chi connectivity index (χ3n) is 5.28. The average molecular weight is 398 g/mol. The van der Waals surface area contributed by atoms with Crippen LogP contribution in [-0.4, -0.2) is 43.1 Å². The van der Waals surface area contributed by atoms with Crippen LogP contribution in [0, 0.1) is 11.3 Å². The lowest BCUT2D eigenvalue weighted by atomic mass is 9.98. The molecule has 0 aromatic heterocycles. The van der Waals surface area contributed by atoms with Crippen molar-refractivity contribution >= 4 is 23.6 Å². The lowest BCUT2D eigenvalue weighted by molar-refractivity contribution is -0.150. The first-order valence-electron chi connectivity index (χ1n) is 10.1. The topological polar surface area (TPSA) is 112 Å². The SMILES string of the molecule is N#Cc1ccc(N2CCC(NC(=O)NCCC(=O)OC3CCCCC3)C2=O)cc1. The van der Waals surface area contributed by atoms with Gasteiger partial charge in [0, 0.05) is 18.8 Å². The largest absolute Gasteiger partial charge is 0.462 e. The maximum absolute atomic E-state index is 12.5. The van der Waals surface area contributed by atoms with Gasteiger partial charge in [0.15, 0.2) is 0 Å². The number of hydrogen-bond acceptors (Lipinski definition) is 5. The number of hydrogen-bond donors (Lipinski definition) is 2. The smallest absolute Gasteiger partial charge is 0.315 e. The predicted molar refractivity (Wildman–Crippen MR) is 106 cm³/mol. The van der Waals surface area contributed by atoms with E-state index >= 15 is 0 Å². The minimum absolute atomic E-state index is 0.00870. The van der Waals surface area contributed by atoms with Crippen molar-refractivity contribution in [3.8, 4) is 6.07 Å². The maximum Gasteiger partial charge on any atom is 0.315 e. The molecule has 0 bridgehead atoms. The van der Waals surface area contributed by atoms with Crippen molar-refractivity contribution < 1.29 is 19.1 Å². The zero-order valence-electron chi connectivity index (χ0n) is 16.4. The van der Waals surface area contributed by atoms with Gasteiger partial charge in [0.2, 0.25) is 5.91 Å². The summed E-state index contributed by atoms with van der Waals surface area (Å²) in [5, 5.41) is 14.1. The Morgan fingerprint density at radius 3 is 2.55 bits per heavy atom. The van der Waals surface area contributed by atoms with Crippen LogP contribution in [0.15, 0.2) is 24.3 Å². The Morgan fingerprint density at radius 2 is 1.86 bits per heavy atom. The van der Waals surface area contributed by atoms with Crippen LogP contribution in [0.4, 0.5) is 10.5 Å². The number of nitriles is 1. The van der Waals surface area contributed by atoms with Crippen molar-refractivity contribution in [2.45, 2.75) is 57.1 Å². The van der Waals surface area contributed by atoms with Crippen LogP contribution in [0.1, 0.15) is 50.5 Å². The minimum Gasteiger partial charge on any atom is -0.462 e. The molecular weight excluding hydrogens is 372 g/mol. The fourth-order valence-corrected chi connectivity index (χ4v) is 3.70. The molecule has 1 aromatic carbocycles. The van der Waals surface area contributed by atoms with Gasteiger partial charge in [-0.05, 0) is 56.4 Å². The van der Waals surface area contributed by atoms with Gasteiger partial charge in [-0.3, -0.25) is 9.59 Å². The second kappa shape index (κ2) is 9.92. The van der Waals surface area contributed by atoms with Crippen molar-refractivity contribution in [2.24, 2.45) is 0 Å². The average Bonchev–Trinajstić information content (AvgIpc) is 3.09. The molecule has 0 radical (unpaired) electrons. The van der Waals surface area contributed by atoms with Crippen LogP contribution in [0.5, 0.6) is 0 Å². The second-order valence-corrected chi connectivity index (χ2v) is 7.39. The number of nitrogens with one attached hydrogen (secondary N) is 2. The van der Waals surface area contributed by atoms with Crippen LogP contribution in [0.25, 0.3) is 0 Å². The molecule has 1 aliphatic heterocycles. The normalized spacial score (nSPS) is 19.5. The molecule has 3 rings (SSSR count). The van der Waals surface area contributed by atoms with Crippen LogP contribution < -0.4 is 15.5 Å². The molecule has 1 saturated carbocycles. The number of carbonyl (C=O) groups excluding carboxylic acids is 3. The van der Waals surface area contributed by atoms with E-state index in [0.717, 1.165) is 25.7 Å². The minimum atomic E-state index is -0.611. The van der Waals surface area contributed by atoms with Crippen molar-refractivity contribution in [1.82, 2.24) is 10.6 Å². The van der Waals surface area contributed by atoms with E-state index in [1.54, 1.807) is 29.2 Å². The highest BCUT2D eigenvalue weighted by atomic mass is 16.5. The molecule has 8 heteroatoms. The highest BCUT2D eigenvalue weighted by Gasteiger charge is 2.33. The summed E-state index contributed by atoms with van der Waals surface area (Å²) in [7, 11) is 0. The van der Waals surface area contributed by atoms with E-state index in [1.165, 1.54) is 6.42 Å². The second-order valence-electron chi connectivity index (χ2n) is 7.39. The number of benzene rings is 1. The molecule has 2 aliphatic rings. The first kappa shape index (κ1) is 20.6.